The summed E-state index contributed by atoms with van der Waals surface area (Å²) in [6.45, 7) is 1.91. The maximum Gasteiger partial charge on any atom is 0.166 e. The Labute approximate surface area is 174 Å². The van der Waals surface area contributed by atoms with E-state index in [1.165, 1.54) is 0 Å². The van der Waals surface area contributed by atoms with Crippen molar-refractivity contribution in [3.8, 4) is 17.1 Å². The van der Waals surface area contributed by atoms with Gasteiger partial charge in [-0.25, -0.2) is 9.97 Å². The number of imidazole rings is 1. The van der Waals surface area contributed by atoms with Crippen LogP contribution in [0.4, 0.5) is 5.82 Å². The third-order valence-electron chi connectivity index (χ3n) is 5.70. The number of anilines is 1. The van der Waals surface area contributed by atoms with Gasteiger partial charge in [-0.1, -0.05) is 0 Å². The highest BCUT2D eigenvalue weighted by atomic mass is 16.3. The van der Waals surface area contributed by atoms with Gasteiger partial charge >= 0.3 is 0 Å². The number of nitrogens with zero attached hydrogens (tertiary/aromatic N) is 6. The van der Waals surface area contributed by atoms with Crippen molar-refractivity contribution in [1.29, 1.82) is 0 Å². The Bertz CT molecular complexity index is 1190. The summed E-state index contributed by atoms with van der Waals surface area (Å²) in [4.78, 5) is 13.8. The van der Waals surface area contributed by atoms with Gasteiger partial charge in [0, 0.05) is 25.5 Å². The minimum atomic E-state index is -0.610. The molecule has 2 N–H and O–H groups in total. The Kier molecular flexibility index (Phi) is 4.51. The van der Waals surface area contributed by atoms with Gasteiger partial charge in [0.1, 0.15) is 23.4 Å². The lowest BCUT2D eigenvalue weighted by Gasteiger charge is -2.34. The van der Waals surface area contributed by atoms with Gasteiger partial charge in [0.05, 0.1) is 17.0 Å². The topological polar surface area (TPSA) is 93.7 Å². The fourth-order valence-corrected chi connectivity index (χ4v) is 4.22. The third kappa shape index (κ3) is 3.66. The van der Waals surface area contributed by atoms with Crippen LogP contribution >= 0.6 is 0 Å². The van der Waals surface area contributed by atoms with Crippen LogP contribution in [-0.4, -0.2) is 46.0 Å². The Morgan fingerprint density at radius 2 is 2.07 bits per heavy atom. The summed E-state index contributed by atoms with van der Waals surface area (Å²) in [7, 11) is 1.89. The lowest BCUT2D eigenvalue weighted by molar-refractivity contribution is 0.0182. The number of aryl methyl sites for hydroxylation is 1. The molecule has 0 radical (unpaired) electrons. The average molecular weight is 403 g/mol. The molecule has 0 aromatic carbocycles. The van der Waals surface area contributed by atoms with Crippen LogP contribution in [0.3, 0.4) is 0 Å². The van der Waals surface area contributed by atoms with E-state index in [1.54, 1.807) is 17.2 Å². The lowest BCUT2D eigenvalue weighted by Crippen LogP contribution is -2.38. The Morgan fingerprint density at radius 3 is 2.87 bits per heavy atom. The highest BCUT2D eigenvalue weighted by Gasteiger charge is 2.30. The second-order valence-corrected chi connectivity index (χ2v) is 8.36. The zero-order valence-corrected chi connectivity index (χ0v) is 17.2. The van der Waals surface area contributed by atoms with Crippen LogP contribution in [0, 0.1) is 0 Å². The predicted molar refractivity (Wildman–Crippen MR) is 115 cm³/mol. The number of pyridine rings is 2. The van der Waals surface area contributed by atoms with E-state index < -0.39 is 5.60 Å². The molecule has 154 valence electrons. The fourth-order valence-electron chi connectivity index (χ4n) is 4.22. The summed E-state index contributed by atoms with van der Waals surface area (Å²) in [6, 6.07) is 10.0. The van der Waals surface area contributed by atoms with Crippen molar-refractivity contribution >= 4 is 17.0 Å². The van der Waals surface area contributed by atoms with Crippen LogP contribution in [0.15, 0.2) is 49.1 Å². The van der Waals surface area contributed by atoms with E-state index in [4.69, 9.17) is 4.98 Å². The van der Waals surface area contributed by atoms with Gasteiger partial charge in [0.15, 0.2) is 5.65 Å². The maximum absolute atomic E-state index is 10.4. The molecule has 4 aromatic rings. The molecule has 8 nitrogen and oxygen atoms in total. The van der Waals surface area contributed by atoms with Crippen LogP contribution in [0.1, 0.15) is 32.6 Å². The van der Waals surface area contributed by atoms with Crippen molar-refractivity contribution in [2.24, 2.45) is 7.05 Å². The molecule has 1 fully saturated rings. The molecule has 0 aliphatic heterocycles. The molecule has 0 amide bonds. The van der Waals surface area contributed by atoms with Crippen molar-refractivity contribution in [2.75, 3.05) is 5.32 Å². The molecule has 0 spiro atoms. The van der Waals surface area contributed by atoms with Gasteiger partial charge < -0.3 is 10.4 Å². The zero-order valence-electron chi connectivity index (χ0n) is 17.2. The molecule has 0 saturated heterocycles. The van der Waals surface area contributed by atoms with E-state index in [0.717, 1.165) is 59.7 Å². The van der Waals surface area contributed by atoms with E-state index in [1.807, 2.05) is 55.1 Å². The van der Waals surface area contributed by atoms with Crippen molar-refractivity contribution < 1.29 is 5.11 Å². The summed E-state index contributed by atoms with van der Waals surface area (Å²) in [5.74, 6) is 0.797. The third-order valence-corrected chi connectivity index (χ3v) is 5.70. The largest absolute Gasteiger partial charge is 0.390 e. The van der Waals surface area contributed by atoms with Crippen LogP contribution in [0.25, 0.3) is 28.2 Å². The maximum atomic E-state index is 10.4. The first kappa shape index (κ1) is 18.7. The molecular weight excluding hydrogens is 378 g/mol. The van der Waals surface area contributed by atoms with Gasteiger partial charge in [-0.3, -0.25) is 14.2 Å². The molecule has 0 bridgehead atoms. The number of hydrogen-bond acceptors (Lipinski definition) is 6. The minimum Gasteiger partial charge on any atom is -0.390 e. The molecule has 4 aromatic heterocycles. The zero-order chi connectivity index (χ0) is 20.7. The summed E-state index contributed by atoms with van der Waals surface area (Å²) in [5, 5.41) is 18.3. The molecule has 1 saturated carbocycles. The Morgan fingerprint density at radius 1 is 1.17 bits per heavy atom. The molecule has 5 rings (SSSR count). The SMILES string of the molecule is Cn1ccc(-c2cc(-n3cnc4ccc(N[C@H]5CCC[C@](C)(O)C5)nc43)ccn2)n1. The van der Waals surface area contributed by atoms with Crippen molar-refractivity contribution in [1.82, 2.24) is 29.3 Å². The van der Waals surface area contributed by atoms with Gasteiger partial charge in [0.2, 0.25) is 0 Å². The molecule has 4 heterocycles. The number of rotatable bonds is 4. The highest BCUT2D eigenvalue weighted by Crippen LogP contribution is 2.30. The molecular formula is C22H25N7O. The van der Waals surface area contributed by atoms with Crippen LogP contribution in [0.2, 0.25) is 0 Å². The average Bonchev–Trinajstić information content (AvgIpc) is 3.33. The number of aromatic nitrogens is 6. The Hall–Kier alpha value is -3.26. The monoisotopic (exact) mass is 403 g/mol. The molecule has 1 aliphatic rings. The number of hydrogen-bond donors (Lipinski definition) is 2. The predicted octanol–water partition coefficient (Wildman–Crippen LogP) is 3.32. The molecule has 2 atom stereocenters. The minimum absolute atomic E-state index is 0.215. The molecule has 8 heteroatoms. The molecule has 1 aliphatic carbocycles. The van der Waals surface area contributed by atoms with Gasteiger partial charge in [0.25, 0.3) is 0 Å². The highest BCUT2D eigenvalue weighted by molar-refractivity contribution is 5.75. The number of aliphatic hydroxyl groups is 1. The van der Waals surface area contributed by atoms with Crippen molar-refractivity contribution in [3.63, 3.8) is 0 Å². The van der Waals surface area contributed by atoms with E-state index in [-0.39, 0.29) is 6.04 Å². The van der Waals surface area contributed by atoms with E-state index in [9.17, 15) is 5.11 Å². The summed E-state index contributed by atoms with van der Waals surface area (Å²) < 4.78 is 3.73. The number of nitrogens with one attached hydrogen (secondary N) is 1. The van der Waals surface area contributed by atoms with Crippen LogP contribution < -0.4 is 5.32 Å². The standard InChI is InChI=1S/C22H25N7O/c1-22(30)9-3-4-15(13-22)25-20-6-5-18-21(26-20)29(14-24-18)16-7-10-23-19(12-16)17-8-11-28(2)27-17/h5-8,10-12,14-15,30H,3-4,9,13H2,1-2H3,(H,25,26)/t15-,22-/m0/s1. The van der Waals surface area contributed by atoms with E-state index in [2.05, 4.69) is 20.4 Å². The first-order valence-electron chi connectivity index (χ1n) is 10.3. The van der Waals surface area contributed by atoms with E-state index in [0.29, 0.717) is 0 Å². The molecule has 0 unspecified atom stereocenters. The van der Waals surface area contributed by atoms with Crippen molar-refractivity contribution in [3.05, 3.63) is 49.1 Å². The summed E-state index contributed by atoms with van der Waals surface area (Å²) in [5.41, 5.74) is 3.55. The second-order valence-electron chi connectivity index (χ2n) is 8.36. The summed E-state index contributed by atoms with van der Waals surface area (Å²) >= 11 is 0. The molecule has 30 heavy (non-hydrogen) atoms. The number of fused-ring (bicyclic) bond motifs is 1. The smallest absolute Gasteiger partial charge is 0.166 e. The quantitative estimate of drug-likeness (QED) is 0.543. The van der Waals surface area contributed by atoms with Gasteiger partial charge in [-0.15, -0.1) is 0 Å². The first-order valence-corrected chi connectivity index (χ1v) is 10.3. The van der Waals surface area contributed by atoms with Gasteiger partial charge in [-0.05, 0) is 62.9 Å². The lowest BCUT2D eigenvalue weighted by atomic mass is 9.83. The Balaban J connectivity index is 1.46. The fraction of sp³-hybridized carbons (Fsp3) is 0.364. The summed E-state index contributed by atoms with van der Waals surface area (Å²) in [6.07, 6.45) is 9.08. The normalized spacial score (nSPS) is 21.8. The van der Waals surface area contributed by atoms with Crippen LogP contribution in [0.5, 0.6) is 0 Å². The van der Waals surface area contributed by atoms with Crippen molar-refractivity contribution in [2.45, 2.75) is 44.2 Å². The second kappa shape index (κ2) is 7.21. The van der Waals surface area contributed by atoms with E-state index >= 15 is 0 Å². The van der Waals surface area contributed by atoms with Gasteiger partial charge in [-0.2, -0.15) is 5.10 Å². The van der Waals surface area contributed by atoms with Crippen LogP contribution in [-0.2, 0) is 7.05 Å². The first-order chi connectivity index (χ1) is 14.5.